The third kappa shape index (κ3) is 6.04. The Hall–Kier alpha value is -8.20. The highest BCUT2D eigenvalue weighted by molar-refractivity contribution is 6.15. The molecule has 0 amide bonds. The zero-order valence-electron chi connectivity index (χ0n) is 34.0. The van der Waals surface area contributed by atoms with Gasteiger partial charge in [-0.3, -0.25) is 0 Å². The zero-order chi connectivity index (χ0) is 41.0. The van der Waals surface area contributed by atoms with Crippen LogP contribution >= 0.6 is 0 Å². The second-order valence-corrected chi connectivity index (χ2v) is 16.1. The molecule has 0 saturated heterocycles. The number of rotatable bonds is 7. The van der Waals surface area contributed by atoms with Gasteiger partial charge in [-0.2, -0.15) is 0 Å². The minimum atomic E-state index is 1.11. The van der Waals surface area contributed by atoms with Crippen molar-refractivity contribution in [2.45, 2.75) is 0 Å². The molecule has 62 heavy (non-hydrogen) atoms. The van der Waals surface area contributed by atoms with Gasteiger partial charge >= 0.3 is 0 Å². The standard InChI is InChI=1S/C60H40N2/c1-5-16-41(17-6-1)43-28-30-44(31-29-43)48-36-49(47-32-34-54-53-24-13-14-27-57(53)61(59(54)40-47)50-22-11-4-12-23-50)38-51(37-48)62-58-35-33-46(42-18-7-2-8-19-42)39-56(58)55-26-15-25-52(60(55)62)45-20-9-3-10-21-45/h1-40H. The summed E-state index contributed by atoms with van der Waals surface area (Å²) in [5.74, 6) is 0. The summed E-state index contributed by atoms with van der Waals surface area (Å²) in [5.41, 5.74) is 18.9. The van der Waals surface area contributed by atoms with Gasteiger partial charge in [-0.05, 0) is 105 Å². The maximum absolute atomic E-state index is 2.51. The fourth-order valence-electron chi connectivity index (χ4n) is 9.56. The Morgan fingerprint density at radius 2 is 0.694 bits per heavy atom. The van der Waals surface area contributed by atoms with E-state index in [2.05, 4.69) is 252 Å². The van der Waals surface area contributed by atoms with Crippen molar-refractivity contribution in [1.29, 1.82) is 0 Å². The molecule has 0 fully saturated rings. The summed E-state index contributed by atoms with van der Waals surface area (Å²) in [6.07, 6.45) is 0. The molecule has 0 unspecified atom stereocenters. The minimum Gasteiger partial charge on any atom is -0.309 e. The van der Waals surface area contributed by atoms with E-state index < -0.39 is 0 Å². The summed E-state index contributed by atoms with van der Waals surface area (Å²) in [7, 11) is 0. The van der Waals surface area contributed by atoms with E-state index >= 15 is 0 Å². The van der Waals surface area contributed by atoms with E-state index in [1.165, 1.54) is 82.6 Å². The lowest BCUT2D eigenvalue weighted by Gasteiger charge is -2.16. The lowest BCUT2D eigenvalue weighted by Crippen LogP contribution is -1.98. The van der Waals surface area contributed by atoms with Gasteiger partial charge in [0.15, 0.2) is 0 Å². The molecule has 0 aliphatic rings. The van der Waals surface area contributed by atoms with Crippen LogP contribution in [-0.4, -0.2) is 9.13 Å². The summed E-state index contributed by atoms with van der Waals surface area (Å²) in [6.45, 7) is 0. The summed E-state index contributed by atoms with van der Waals surface area (Å²) in [4.78, 5) is 0. The van der Waals surface area contributed by atoms with Crippen LogP contribution in [0.15, 0.2) is 243 Å². The molecule has 0 radical (unpaired) electrons. The molecule has 2 nitrogen and oxygen atoms in total. The van der Waals surface area contributed by atoms with Crippen LogP contribution in [-0.2, 0) is 0 Å². The van der Waals surface area contributed by atoms with Gasteiger partial charge in [0.05, 0.1) is 22.1 Å². The van der Waals surface area contributed by atoms with E-state index in [0.29, 0.717) is 0 Å². The van der Waals surface area contributed by atoms with Crippen LogP contribution in [0.3, 0.4) is 0 Å². The van der Waals surface area contributed by atoms with E-state index in [4.69, 9.17) is 0 Å². The Kier molecular flexibility index (Phi) is 8.53. The van der Waals surface area contributed by atoms with Gasteiger partial charge in [-0.1, -0.05) is 188 Å². The lowest BCUT2D eigenvalue weighted by molar-refractivity contribution is 1.18. The Labute approximate surface area is 360 Å². The smallest absolute Gasteiger partial charge is 0.0619 e. The van der Waals surface area contributed by atoms with Crippen LogP contribution in [0.5, 0.6) is 0 Å². The fraction of sp³-hybridized carbons (Fsp3) is 0. The molecule has 2 aromatic heterocycles. The van der Waals surface area contributed by atoms with E-state index in [9.17, 15) is 0 Å². The van der Waals surface area contributed by atoms with Crippen molar-refractivity contribution in [3.05, 3.63) is 243 Å². The molecule has 0 N–H and O–H groups in total. The highest BCUT2D eigenvalue weighted by atomic mass is 15.0. The number of hydrogen-bond donors (Lipinski definition) is 0. The van der Waals surface area contributed by atoms with E-state index in [1.54, 1.807) is 0 Å². The summed E-state index contributed by atoms with van der Waals surface area (Å²) < 4.78 is 4.91. The van der Waals surface area contributed by atoms with Crippen molar-refractivity contribution in [2.75, 3.05) is 0 Å². The van der Waals surface area contributed by atoms with Crippen molar-refractivity contribution in [3.8, 4) is 67.0 Å². The monoisotopic (exact) mass is 788 g/mol. The van der Waals surface area contributed by atoms with Crippen LogP contribution in [0.1, 0.15) is 0 Å². The fourth-order valence-corrected chi connectivity index (χ4v) is 9.56. The van der Waals surface area contributed by atoms with Crippen molar-refractivity contribution in [2.24, 2.45) is 0 Å². The Bertz CT molecular complexity index is 3580. The SMILES string of the molecule is c1ccc(-c2ccc(-c3cc(-c4ccc5c6ccccc6n(-c6ccccc6)c5c4)cc(-n4c5ccc(-c6ccccc6)cc5c5cccc(-c6ccccc6)c54)c3)cc2)cc1. The van der Waals surface area contributed by atoms with Gasteiger partial charge < -0.3 is 9.13 Å². The molecule has 10 aromatic carbocycles. The average Bonchev–Trinajstić information content (AvgIpc) is 3.87. The Morgan fingerprint density at radius 3 is 1.40 bits per heavy atom. The number of hydrogen-bond acceptors (Lipinski definition) is 0. The molecular formula is C60H40N2. The molecule has 12 aromatic rings. The van der Waals surface area contributed by atoms with Crippen molar-refractivity contribution in [1.82, 2.24) is 9.13 Å². The number of benzene rings is 10. The topological polar surface area (TPSA) is 9.86 Å². The average molecular weight is 789 g/mol. The van der Waals surface area contributed by atoms with Crippen LogP contribution in [0.25, 0.3) is 111 Å². The van der Waals surface area contributed by atoms with Gasteiger partial charge in [-0.25, -0.2) is 0 Å². The number of aromatic nitrogens is 2. The van der Waals surface area contributed by atoms with Crippen molar-refractivity contribution < 1.29 is 0 Å². The first-order valence-corrected chi connectivity index (χ1v) is 21.3. The van der Waals surface area contributed by atoms with Crippen LogP contribution in [0, 0.1) is 0 Å². The van der Waals surface area contributed by atoms with E-state index in [0.717, 1.165) is 28.1 Å². The van der Waals surface area contributed by atoms with E-state index in [-0.39, 0.29) is 0 Å². The molecule has 0 bridgehead atoms. The Morgan fingerprint density at radius 1 is 0.210 bits per heavy atom. The molecular weight excluding hydrogens is 749 g/mol. The van der Waals surface area contributed by atoms with Gasteiger partial charge in [0.1, 0.15) is 0 Å². The van der Waals surface area contributed by atoms with Gasteiger partial charge in [0.2, 0.25) is 0 Å². The molecule has 2 heterocycles. The summed E-state index contributed by atoms with van der Waals surface area (Å²) in [5, 5.41) is 4.95. The third-order valence-corrected chi connectivity index (χ3v) is 12.5. The number of fused-ring (bicyclic) bond motifs is 6. The van der Waals surface area contributed by atoms with Crippen LogP contribution in [0.4, 0.5) is 0 Å². The highest BCUT2D eigenvalue weighted by Crippen LogP contribution is 2.42. The van der Waals surface area contributed by atoms with Crippen molar-refractivity contribution in [3.63, 3.8) is 0 Å². The molecule has 0 saturated carbocycles. The summed E-state index contributed by atoms with van der Waals surface area (Å²) >= 11 is 0. The maximum Gasteiger partial charge on any atom is 0.0619 e. The quantitative estimate of drug-likeness (QED) is 0.152. The number of para-hydroxylation sites is 3. The van der Waals surface area contributed by atoms with Gasteiger partial charge in [0.25, 0.3) is 0 Å². The normalized spacial score (nSPS) is 11.5. The number of nitrogens with zero attached hydrogens (tertiary/aromatic N) is 2. The first-order chi connectivity index (χ1) is 30.7. The predicted octanol–water partition coefficient (Wildman–Crippen LogP) is 16.2. The largest absolute Gasteiger partial charge is 0.309 e. The molecule has 0 aliphatic carbocycles. The second-order valence-electron chi connectivity index (χ2n) is 16.1. The molecule has 0 aliphatic heterocycles. The lowest BCUT2D eigenvalue weighted by atomic mass is 9.95. The molecule has 12 rings (SSSR count). The predicted molar refractivity (Wildman–Crippen MR) is 262 cm³/mol. The van der Waals surface area contributed by atoms with Gasteiger partial charge in [0, 0.05) is 38.5 Å². The first-order valence-electron chi connectivity index (χ1n) is 21.3. The maximum atomic E-state index is 2.51. The summed E-state index contributed by atoms with van der Waals surface area (Å²) in [6, 6.07) is 88.6. The Balaban J connectivity index is 1.13. The molecule has 290 valence electrons. The molecule has 0 atom stereocenters. The zero-order valence-corrected chi connectivity index (χ0v) is 34.0. The van der Waals surface area contributed by atoms with Crippen LogP contribution < -0.4 is 0 Å². The van der Waals surface area contributed by atoms with Crippen LogP contribution in [0.2, 0.25) is 0 Å². The first kappa shape index (κ1) is 35.7. The van der Waals surface area contributed by atoms with E-state index in [1.807, 2.05) is 0 Å². The highest BCUT2D eigenvalue weighted by Gasteiger charge is 2.20. The second kappa shape index (κ2) is 14.8. The molecule has 2 heteroatoms. The van der Waals surface area contributed by atoms with Crippen molar-refractivity contribution >= 4 is 43.6 Å². The third-order valence-electron chi connectivity index (χ3n) is 12.5. The molecule has 0 spiro atoms. The van der Waals surface area contributed by atoms with Gasteiger partial charge in [-0.15, -0.1) is 0 Å². The minimum absolute atomic E-state index is 1.11.